The van der Waals surface area contributed by atoms with E-state index in [4.69, 9.17) is 4.74 Å². The van der Waals surface area contributed by atoms with Gasteiger partial charge in [-0.2, -0.15) is 0 Å². The minimum Gasteiger partial charge on any atom is -0.423 e. The van der Waals surface area contributed by atoms with E-state index in [0.29, 0.717) is 23.2 Å². The van der Waals surface area contributed by atoms with Crippen molar-refractivity contribution in [3.63, 3.8) is 0 Å². The van der Waals surface area contributed by atoms with Crippen molar-refractivity contribution in [1.29, 1.82) is 0 Å². The monoisotopic (exact) mass is 670 g/mol. The van der Waals surface area contributed by atoms with E-state index in [1.807, 2.05) is 30.3 Å². The van der Waals surface area contributed by atoms with Crippen molar-refractivity contribution in [3.8, 4) is 5.75 Å². The Labute approximate surface area is 296 Å². The Morgan fingerprint density at radius 2 is 1.02 bits per heavy atom. The van der Waals surface area contributed by atoms with Gasteiger partial charge in [0.25, 0.3) is 0 Å². The molecule has 0 radical (unpaired) electrons. The van der Waals surface area contributed by atoms with Crippen molar-refractivity contribution in [2.45, 2.75) is 93.2 Å². The summed E-state index contributed by atoms with van der Waals surface area (Å²) in [5.41, 5.74) is 5.08. The molecule has 4 aliphatic rings. The molecule has 2 unspecified atom stereocenters. The van der Waals surface area contributed by atoms with E-state index in [1.165, 1.54) is 35.6 Å². The Morgan fingerprint density at radius 3 is 1.35 bits per heavy atom. The zero-order valence-corrected chi connectivity index (χ0v) is 31.2. The van der Waals surface area contributed by atoms with E-state index in [-0.39, 0.29) is 28.3 Å². The van der Waals surface area contributed by atoms with Crippen LogP contribution in [0.15, 0.2) is 67.8 Å². The SMILES string of the molecule is C=CC(=O)Oc1ccc(CN2C[C@@]3(C)CC(C)(CO)C[C@@](C)(C2)C3)cc1.C=Cc1ccc(CN2C[C@@]3(C)CC(C)(CO)C[C@@](C)(C2)C3)cc1. The molecule has 6 nitrogen and oxygen atoms in total. The summed E-state index contributed by atoms with van der Waals surface area (Å²) in [5.74, 6) is 0.112. The summed E-state index contributed by atoms with van der Waals surface area (Å²) >= 11 is 0. The first-order valence-electron chi connectivity index (χ1n) is 18.2. The maximum Gasteiger partial charge on any atom is 0.335 e. The van der Waals surface area contributed by atoms with Crippen LogP contribution in [0, 0.1) is 32.5 Å². The van der Waals surface area contributed by atoms with Crippen molar-refractivity contribution in [2.75, 3.05) is 39.4 Å². The fourth-order valence-corrected chi connectivity index (χ4v) is 11.8. The number of nitrogens with zero attached hydrogens (tertiary/aromatic N) is 2. The van der Waals surface area contributed by atoms with Crippen LogP contribution in [0.3, 0.4) is 0 Å². The minimum atomic E-state index is -0.436. The number of aliphatic hydroxyl groups excluding tert-OH is 2. The summed E-state index contributed by atoms with van der Waals surface area (Å²) < 4.78 is 5.14. The fourth-order valence-electron chi connectivity index (χ4n) is 11.8. The smallest absolute Gasteiger partial charge is 0.335 e. The number of aliphatic hydroxyl groups is 2. The summed E-state index contributed by atoms with van der Waals surface area (Å²) in [6, 6.07) is 16.5. The lowest BCUT2D eigenvalue weighted by molar-refractivity contribution is -0.128. The summed E-state index contributed by atoms with van der Waals surface area (Å²) in [7, 11) is 0. The highest BCUT2D eigenvalue weighted by Gasteiger charge is 2.53. The lowest BCUT2D eigenvalue weighted by atomic mass is 9.52. The largest absolute Gasteiger partial charge is 0.423 e. The van der Waals surface area contributed by atoms with Gasteiger partial charge in [0.15, 0.2) is 0 Å². The van der Waals surface area contributed by atoms with Gasteiger partial charge in [0, 0.05) is 58.6 Å². The number of rotatable bonds is 9. The van der Waals surface area contributed by atoms with E-state index in [2.05, 4.69) is 88.8 Å². The number of fused-ring (bicyclic) bond motifs is 4. The Hall–Kier alpha value is -2.77. The van der Waals surface area contributed by atoms with Gasteiger partial charge in [-0.05, 0) is 99.8 Å². The lowest BCUT2D eigenvalue weighted by Crippen LogP contribution is -2.57. The number of hydrogen-bond acceptors (Lipinski definition) is 6. The molecule has 2 saturated heterocycles. The fraction of sp³-hybridized carbons (Fsp3) is 0.605. The van der Waals surface area contributed by atoms with Crippen LogP contribution in [-0.2, 0) is 17.9 Å². The second-order valence-electron chi connectivity index (χ2n) is 18.7. The van der Waals surface area contributed by atoms with E-state index in [0.717, 1.165) is 65.0 Å². The topological polar surface area (TPSA) is 73.2 Å². The molecule has 4 bridgehead atoms. The minimum absolute atomic E-state index is 0.0461. The molecule has 0 amide bonds. The summed E-state index contributed by atoms with van der Waals surface area (Å²) in [4.78, 5) is 16.5. The first-order chi connectivity index (χ1) is 22.9. The van der Waals surface area contributed by atoms with Crippen molar-refractivity contribution >= 4 is 12.0 Å². The van der Waals surface area contributed by atoms with E-state index in [9.17, 15) is 15.0 Å². The van der Waals surface area contributed by atoms with Crippen LogP contribution in [0.1, 0.15) is 96.8 Å². The van der Waals surface area contributed by atoms with Crippen molar-refractivity contribution < 1.29 is 19.7 Å². The average molecular weight is 671 g/mol. The van der Waals surface area contributed by atoms with E-state index >= 15 is 0 Å². The van der Waals surface area contributed by atoms with Crippen molar-refractivity contribution in [2.24, 2.45) is 32.5 Å². The van der Waals surface area contributed by atoms with Gasteiger partial charge in [0.05, 0.1) is 0 Å². The quantitative estimate of drug-likeness (QED) is 0.160. The average Bonchev–Trinajstić information content (AvgIpc) is 2.99. The molecule has 6 rings (SSSR count). The first-order valence-corrected chi connectivity index (χ1v) is 18.2. The number of esters is 1. The molecular weight excluding hydrogens is 608 g/mol. The number of likely N-dealkylation sites (tertiary alicyclic amines) is 2. The van der Waals surface area contributed by atoms with Gasteiger partial charge in [-0.1, -0.05) is 97.2 Å². The molecule has 4 fully saturated rings. The van der Waals surface area contributed by atoms with Crippen LogP contribution in [0.25, 0.3) is 6.08 Å². The Morgan fingerprint density at radius 1 is 0.653 bits per heavy atom. The third kappa shape index (κ3) is 9.32. The number of piperidine rings is 2. The standard InChI is InChI=1S/C22H31NO3.C21H31NO/c1-5-19(25)26-18-8-6-17(7-9-18)10-23-14-20(2)11-21(3,15-23)13-22(4,12-20)16-24;1-5-17-6-8-18(9-7-17)10-22-14-19(2)11-20(3,15-22)13-21(4,12-19)16-23/h5-9,24H,1,10-16H2,2-4H3;5-9,23H,1,10-16H2,2-4H3/t20-,21+,22?;19-,20+,21?. The van der Waals surface area contributed by atoms with Crippen LogP contribution in [0.2, 0.25) is 0 Å². The Balaban J connectivity index is 0.000000192. The van der Waals surface area contributed by atoms with Crippen LogP contribution >= 0.6 is 0 Å². The van der Waals surface area contributed by atoms with E-state index in [1.54, 1.807) is 0 Å². The maximum absolute atomic E-state index is 11.3. The molecule has 49 heavy (non-hydrogen) atoms. The molecule has 2 aliphatic carbocycles. The highest BCUT2D eigenvalue weighted by molar-refractivity contribution is 5.83. The van der Waals surface area contributed by atoms with Crippen molar-refractivity contribution in [3.05, 3.63) is 84.5 Å². The van der Waals surface area contributed by atoms with E-state index < -0.39 is 5.97 Å². The molecular formula is C43H62N2O4. The van der Waals surface area contributed by atoms with Gasteiger partial charge in [-0.25, -0.2) is 4.79 Å². The molecule has 2 N–H and O–H groups in total. The second-order valence-corrected chi connectivity index (χ2v) is 18.7. The van der Waals surface area contributed by atoms with Crippen LogP contribution < -0.4 is 4.74 Å². The highest BCUT2D eigenvalue weighted by Crippen LogP contribution is 2.58. The Bertz CT molecular complexity index is 1450. The van der Waals surface area contributed by atoms with Crippen LogP contribution in [-0.4, -0.2) is 65.4 Å². The Kier molecular flexibility index (Phi) is 10.8. The molecule has 268 valence electrons. The second kappa shape index (κ2) is 14.1. The van der Waals surface area contributed by atoms with Gasteiger partial charge in [-0.3, -0.25) is 9.80 Å². The molecule has 6 atom stereocenters. The molecule has 6 heteroatoms. The summed E-state index contributed by atoms with van der Waals surface area (Å²) in [5, 5.41) is 19.7. The molecule has 2 saturated carbocycles. The third-order valence-corrected chi connectivity index (χ3v) is 11.6. The van der Waals surface area contributed by atoms with Gasteiger partial charge < -0.3 is 14.9 Å². The van der Waals surface area contributed by atoms with Gasteiger partial charge >= 0.3 is 5.97 Å². The van der Waals surface area contributed by atoms with Crippen LogP contribution in [0.4, 0.5) is 0 Å². The number of hydrogen-bond donors (Lipinski definition) is 2. The molecule has 2 heterocycles. The van der Waals surface area contributed by atoms with Gasteiger partial charge in [0.1, 0.15) is 5.75 Å². The lowest BCUT2D eigenvalue weighted by Gasteiger charge is -2.59. The molecule has 0 spiro atoms. The zero-order chi connectivity index (χ0) is 35.7. The van der Waals surface area contributed by atoms with Crippen LogP contribution in [0.5, 0.6) is 5.75 Å². The predicted octanol–water partition coefficient (Wildman–Crippen LogP) is 8.13. The molecule has 0 aromatic heterocycles. The van der Waals surface area contributed by atoms with Crippen molar-refractivity contribution in [1.82, 2.24) is 9.80 Å². The predicted molar refractivity (Wildman–Crippen MR) is 200 cm³/mol. The normalized spacial score (nSPS) is 35.8. The summed E-state index contributed by atoms with van der Waals surface area (Å²) in [6.45, 7) is 28.3. The number of benzene rings is 2. The van der Waals surface area contributed by atoms with Gasteiger partial charge in [-0.15, -0.1) is 0 Å². The molecule has 2 aromatic rings. The third-order valence-electron chi connectivity index (χ3n) is 11.6. The maximum atomic E-state index is 11.3. The zero-order valence-electron chi connectivity index (χ0n) is 31.2. The summed E-state index contributed by atoms with van der Waals surface area (Å²) in [6.07, 6.45) is 10.0. The van der Waals surface area contributed by atoms with Gasteiger partial charge in [0.2, 0.25) is 0 Å². The number of carbonyl (C=O) groups is 1. The molecule has 2 aromatic carbocycles. The highest BCUT2D eigenvalue weighted by atomic mass is 16.5. The number of carbonyl (C=O) groups excluding carboxylic acids is 1. The number of ether oxygens (including phenoxy) is 1. The molecule has 2 aliphatic heterocycles. The first kappa shape index (κ1) is 37.5.